The van der Waals surface area contributed by atoms with E-state index in [9.17, 15) is 13.9 Å². The van der Waals surface area contributed by atoms with Crippen LogP contribution in [-0.2, 0) is 0 Å². The minimum atomic E-state index is -2.55. The van der Waals surface area contributed by atoms with Crippen LogP contribution >= 0.6 is 0 Å². The highest BCUT2D eigenvalue weighted by molar-refractivity contribution is 5.39. The summed E-state index contributed by atoms with van der Waals surface area (Å²) in [6.07, 6.45) is 2.30. The molecule has 1 aliphatic carbocycles. The molecule has 1 saturated carbocycles. The fourth-order valence-electron chi connectivity index (χ4n) is 2.96. The molecular formula is C17H23F2N5O. The van der Waals surface area contributed by atoms with E-state index in [0.29, 0.717) is 36.7 Å². The molecule has 0 aliphatic heterocycles. The predicted octanol–water partition coefficient (Wildman–Crippen LogP) is 3.40. The fraction of sp³-hybridized carbons (Fsp3) is 0.588. The zero-order chi connectivity index (χ0) is 18.0. The van der Waals surface area contributed by atoms with Crippen molar-refractivity contribution in [3.63, 3.8) is 0 Å². The summed E-state index contributed by atoms with van der Waals surface area (Å²) < 4.78 is 28.1. The quantitative estimate of drug-likeness (QED) is 0.863. The number of hydrogen-bond donors (Lipinski definition) is 2. The molecule has 136 valence electrons. The first kappa shape index (κ1) is 17.7. The van der Waals surface area contributed by atoms with Gasteiger partial charge < -0.3 is 10.4 Å². The number of nitrogens with one attached hydrogen (secondary N) is 1. The second-order valence-corrected chi connectivity index (χ2v) is 6.58. The standard InChI is InChI=1S/C17H23F2N5O/c1-3-14(25)13-6-9-24(23-13)16-20-11(2)10-15(22-16)21-12-4-7-17(18,19)8-5-12/h6,9-10,12,14,25H,3-5,7-8H2,1-2H3,(H,20,21,22). The normalized spacial score (nSPS) is 18.9. The van der Waals surface area contributed by atoms with E-state index in [2.05, 4.69) is 20.4 Å². The summed E-state index contributed by atoms with van der Waals surface area (Å²) in [5, 5.41) is 17.4. The summed E-state index contributed by atoms with van der Waals surface area (Å²) in [6, 6.07) is 3.51. The van der Waals surface area contributed by atoms with Crippen molar-refractivity contribution in [3.05, 3.63) is 29.7 Å². The third kappa shape index (κ3) is 4.31. The van der Waals surface area contributed by atoms with Crippen LogP contribution in [0.2, 0.25) is 0 Å². The second-order valence-electron chi connectivity index (χ2n) is 6.58. The molecule has 6 nitrogen and oxygen atoms in total. The van der Waals surface area contributed by atoms with Crippen LogP contribution in [0.1, 0.15) is 56.5 Å². The van der Waals surface area contributed by atoms with Gasteiger partial charge in [-0.2, -0.15) is 10.1 Å². The molecule has 0 saturated heterocycles. The average Bonchev–Trinajstić information content (AvgIpc) is 3.06. The van der Waals surface area contributed by atoms with Crippen molar-refractivity contribution in [1.82, 2.24) is 19.7 Å². The number of aliphatic hydroxyl groups excluding tert-OH is 1. The molecule has 1 fully saturated rings. The first-order valence-corrected chi connectivity index (χ1v) is 8.60. The molecule has 0 bridgehead atoms. The van der Waals surface area contributed by atoms with Gasteiger partial charge in [-0.25, -0.2) is 18.4 Å². The minimum Gasteiger partial charge on any atom is -0.387 e. The van der Waals surface area contributed by atoms with Gasteiger partial charge in [0.2, 0.25) is 5.92 Å². The molecule has 2 heterocycles. The summed E-state index contributed by atoms with van der Waals surface area (Å²) in [5.74, 6) is -1.56. The topological polar surface area (TPSA) is 75.9 Å². The van der Waals surface area contributed by atoms with E-state index >= 15 is 0 Å². The Hall–Kier alpha value is -2.09. The molecule has 0 radical (unpaired) electrons. The maximum absolute atomic E-state index is 13.3. The number of rotatable bonds is 5. The monoisotopic (exact) mass is 351 g/mol. The summed E-state index contributed by atoms with van der Waals surface area (Å²) in [7, 11) is 0. The predicted molar refractivity (Wildman–Crippen MR) is 90.0 cm³/mol. The van der Waals surface area contributed by atoms with Crippen molar-refractivity contribution in [1.29, 1.82) is 0 Å². The molecule has 8 heteroatoms. The first-order chi connectivity index (χ1) is 11.9. The lowest BCUT2D eigenvalue weighted by atomic mass is 9.92. The molecule has 0 aromatic carbocycles. The summed E-state index contributed by atoms with van der Waals surface area (Å²) >= 11 is 0. The highest BCUT2D eigenvalue weighted by Crippen LogP contribution is 2.34. The number of hydrogen-bond acceptors (Lipinski definition) is 5. The van der Waals surface area contributed by atoms with Gasteiger partial charge in [0.1, 0.15) is 5.82 Å². The molecular weight excluding hydrogens is 328 g/mol. The lowest BCUT2D eigenvalue weighted by Crippen LogP contribution is -2.32. The van der Waals surface area contributed by atoms with Crippen LogP contribution in [0, 0.1) is 6.92 Å². The number of anilines is 1. The molecule has 25 heavy (non-hydrogen) atoms. The Kier molecular flexibility index (Phi) is 4.99. The van der Waals surface area contributed by atoms with Crippen LogP contribution in [-0.4, -0.2) is 36.8 Å². The van der Waals surface area contributed by atoms with E-state index in [1.165, 1.54) is 4.68 Å². The molecule has 0 spiro atoms. The Labute approximate surface area is 145 Å². The van der Waals surface area contributed by atoms with Gasteiger partial charge in [0.25, 0.3) is 5.95 Å². The highest BCUT2D eigenvalue weighted by Gasteiger charge is 2.34. The average molecular weight is 351 g/mol. The van der Waals surface area contributed by atoms with Crippen LogP contribution in [0.3, 0.4) is 0 Å². The fourth-order valence-corrected chi connectivity index (χ4v) is 2.96. The number of halogens is 2. The number of aromatic nitrogens is 4. The van der Waals surface area contributed by atoms with E-state index in [0.717, 1.165) is 5.69 Å². The third-order valence-electron chi connectivity index (χ3n) is 4.45. The zero-order valence-corrected chi connectivity index (χ0v) is 14.4. The number of aliphatic hydroxyl groups is 1. The van der Waals surface area contributed by atoms with Crippen LogP contribution in [0.4, 0.5) is 14.6 Å². The minimum absolute atomic E-state index is 0.0168. The highest BCUT2D eigenvalue weighted by atomic mass is 19.3. The molecule has 2 aromatic heterocycles. The van der Waals surface area contributed by atoms with E-state index in [1.54, 1.807) is 18.3 Å². The Morgan fingerprint density at radius 2 is 2.08 bits per heavy atom. The largest absolute Gasteiger partial charge is 0.387 e. The van der Waals surface area contributed by atoms with Gasteiger partial charge in [-0.05, 0) is 32.3 Å². The maximum atomic E-state index is 13.3. The van der Waals surface area contributed by atoms with Crippen LogP contribution in [0.15, 0.2) is 18.3 Å². The van der Waals surface area contributed by atoms with Crippen molar-refractivity contribution >= 4 is 5.82 Å². The summed E-state index contributed by atoms with van der Waals surface area (Å²) in [6.45, 7) is 3.72. The van der Waals surface area contributed by atoms with Crippen molar-refractivity contribution in [2.75, 3.05) is 5.32 Å². The van der Waals surface area contributed by atoms with Crippen LogP contribution < -0.4 is 5.32 Å². The van der Waals surface area contributed by atoms with Gasteiger partial charge >= 0.3 is 0 Å². The number of nitrogens with zero attached hydrogens (tertiary/aromatic N) is 4. The molecule has 3 rings (SSSR count). The molecule has 1 unspecified atom stereocenters. The van der Waals surface area contributed by atoms with Crippen molar-refractivity contribution < 1.29 is 13.9 Å². The van der Waals surface area contributed by atoms with Gasteiger partial charge in [-0.3, -0.25) is 0 Å². The zero-order valence-electron chi connectivity index (χ0n) is 14.4. The van der Waals surface area contributed by atoms with Crippen LogP contribution in [0.25, 0.3) is 5.95 Å². The molecule has 2 N–H and O–H groups in total. The molecule has 1 aliphatic rings. The van der Waals surface area contributed by atoms with Gasteiger partial charge in [0.15, 0.2) is 0 Å². The van der Waals surface area contributed by atoms with E-state index in [-0.39, 0.29) is 18.9 Å². The Morgan fingerprint density at radius 1 is 1.36 bits per heavy atom. The van der Waals surface area contributed by atoms with Gasteiger partial charge in [0.05, 0.1) is 11.8 Å². The Morgan fingerprint density at radius 3 is 2.76 bits per heavy atom. The maximum Gasteiger partial charge on any atom is 0.252 e. The van der Waals surface area contributed by atoms with E-state index in [4.69, 9.17) is 0 Å². The van der Waals surface area contributed by atoms with Gasteiger partial charge in [-0.15, -0.1) is 0 Å². The number of alkyl halides is 2. The third-order valence-corrected chi connectivity index (χ3v) is 4.45. The lowest BCUT2D eigenvalue weighted by molar-refractivity contribution is -0.0361. The number of aryl methyl sites for hydroxylation is 1. The SMILES string of the molecule is CCC(O)c1ccn(-c2nc(C)cc(NC3CCC(F)(F)CC3)n2)n1. The molecule has 0 amide bonds. The molecule has 2 aromatic rings. The van der Waals surface area contributed by atoms with E-state index < -0.39 is 12.0 Å². The van der Waals surface area contributed by atoms with Crippen LogP contribution in [0.5, 0.6) is 0 Å². The van der Waals surface area contributed by atoms with Crippen molar-refractivity contribution in [2.45, 2.75) is 64.0 Å². The van der Waals surface area contributed by atoms with Gasteiger partial charge in [0, 0.05) is 36.8 Å². The lowest BCUT2D eigenvalue weighted by Gasteiger charge is -2.29. The molecule has 1 atom stereocenters. The van der Waals surface area contributed by atoms with Crippen molar-refractivity contribution in [3.8, 4) is 5.95 Å². The Bertz CT molecular complexity index is 724. The summed E-state index contributed by atoms with van der Waals surface area (Å²) in [5.41, 5.74) is 1.32. The summed E-state index contributed by atoms with van der Waals surface area (Å²) in [4.78, 5) is 8.81. The van der Waals surface area contributed by atoms with Crippen molar-refractivity contribution in [2.24, 2.45) is 0 Å². The Balaban J connectivity index is 1.76. The second kappa shape index (κ2) is 7.03. The van der Waals surface area contributed by atoms with E-state index in [1.807, 2.05) is 13.8 Å². The van der Waals surface area contributed by atoms with Gasteiger partial charge in [-0.1, -0.05) is 6.92 Å². The first-order valence-electron chi connectivity index (χ1n) is 8.60. The smallest absolute Gasteiger partial charge is 0.252 e.